The van der Waals surface area contributed by atoms with Crippen LogP contribution in [0, 0.1) is 0 Å². The van der Waals surface area contributed by atoms with E-state index >= 15 is 0 Å². The van der Waals surface area contributed by atoms with Crippen molar-refractivity contribution in [3.63, 3.8) is 0 Å². The Morgan fingerprint density at radius 2 is 1.82 bits per heavy atom. The molecule has 0 N–H and O–H groups in total. The molecule has 38 heavy (non-hydrogen) atoms. The Labute approximate surface area is 237 Å². The third-order valence-electron chi connectivity index (χ3n) is 6.63. The van der Waals surface area contributed by atoms with Crippen molar-refractivity contribution in [2.24, 2.45) is 0 Å². The van der Waals surface area contributed by atoms with Crippen LogP contribution in [0.3, 0.4) is 0 Å². The number of morpholine rings is 1. The van der Waals surface area contributed by atoms with Crippen LogP contribution in [0.1, 0.15) is 43.5 Å². The van der Waals surface area contributed by atoms with Crippen LogP contribution in [-0.2, 0) is 14.8 Å². The molecule has 8 nitrogen and oxygen atoms in total. The third kappa shape index (κ3) is 7.00. The lowest BCUT2D eigenvalue weighted by Gasteiger charge is -2.27. The van der Waals surface area contributed by atoms with Crippen LogP contribution < -0.4 is 4.90 Å². The van der Waals surface area contributed by atoms with Gasteiger partial charge < -0.3 is 4.74 Å². The van der Waals surface area contributed by atoms with Crippen molar-refractivity contribution in [3.05, 3.63) is 52.5 Å². The quantitative estimate of drug-likeness (QED) is 0.275. The Morgan fingerprint density at radius 3 is 2.50 bits per heavy atom. The molecule has 0 unspecified atom stereocenters. The highest BCUT2D eigenvalue weighted by Crippen LogP contribution is 2.32. The zero-order valence-electron chi connectivity index (χ0n) is 21.9. The smallest absolute Gasteiger partial charge is 0.260 e. The number of hydrogen-bond donors (Lipinski definition) is 0. The van der Waals surface area contributed by atoms with Crippen LogP contribution in [0.2, 0.25) is 0 Å². The number of benzene rings is 2. The molecule has 0 radical (unpaired) electrons. The summed E-state index contributed by atoms with van der Waals surface area (Å²) in [5, 5.41) is 0.637. The highest BCUT2D eigenvalue weighted by Gasteiger charge is 2.25. The zero-order valence-corrected chi connectivity index (χ0v) is 25.2. The van der Waals surface area contributed by atoms with E-state index in [9.17, 15) is 13.2 Å². The maximum atomic E-state index is 13.8. The number of halogens is 1. The first-order chi connectivity index (χ1) is 18.3. The predicted octanol–water partition coefficient (Wildman–Crippen LogP) is 5.24. The number of aromatic nitrogens is 1. The van der Waals surface area contributed by atoms with Crippen LogP contribution in [0.4, 0.5) is 5.13 Å². The number of hydrogen-bond acceptors (Lipinski definition) is 7. The molecule has 1 amide bonds. The highest BCUT2D eigenvalue weighted by molar-refractivity contribution is 9.10. The zero-order chi connectivity index (χ0) is 27.1. The van der Waals surface area contributed by atoms with Gasteiger partial charge in [0.1, 0.15) is 0 Å². The lowest BCUT2D eigenvalue weighted by molar-refractivity contribution is 0.0376. The first kappa shape index (κ1) is 29.1. The lowest BCUT2D eigenvalue weighted by atomic mass is 10.2. The highest BCUT2D eigenvalue weighted by atomic mass is 79.9. The van der Waals surface area contributed by atoms with Crippen molar-refractivity contribution in [1.82, 2.24) is 14.2 Å². The van der Waals surface area contributed by atoms with Crippen molar-refractivity contribution >= 4 is 58.5 Å². The van der Waals surface area contributed by atoms with E-state index in [1.165, 1.54) is 15.6 Å². The average Bonchev–Trinajstić information content (AvgIpc) is 3.34. The minimum Gasteiger partial charge on any atom is -0.379 e. The molecule has 0 aliphatic carbocycles. The summed E-state index contributed by atoms with van der Waals surface area (Å²) in [5.74, 6) is -0.188. The summed E-state index contributed by atoms with van der Waals surface area (Å²) in [5.41, 5.74) is 1.28. The molecule has 1 aliphatic heterocycles. The summed E-state index contributed by atoms with van der Waals surface area (Å²) >= 11 is 4.99. The lowest BCUT2D eigenvalue weighted by Crippen LogP contribution is -2.39. The van der Waals surface area contributed by atoms with Gasteiger partial charge in [0.25, 0.3) is 5.91 Å². The van der Waals surface area contributed by atoms with Crippen LogP contribution in [0.25, 0.3) is 10.2 Å². The summed E-state index contributed by atoms with van der Waals surface area (Å²) < 4.78 is 35.1. The number of sulfonamides is 1. The van der Waals surface area contributed by atoms with Crippen molar-refractivity contribution in [2.75, 3.05) is 57.4 Å². The van der Waals surface area contributed by atoms with Gasteiger partial charge in [-0.1, -0.05) is 47.5 Å². The van der Waals surface area contributed by atoms with E-state index in [1.807, 2.05) is 32.0 Å². The topological polar surface area (TPSA) is 83.1 Å². The molecule has 11 heteroatoms. The molecule has 2 heterocycles. The molecule has 0 saturated carbocycles. The molecule has 2 aromatic carbocycles. The monoisotopic (exact) mass is 622 g/mol. The number of rotatable bonds is 12. The Hall–Kier alpha value is -1.89. The average molecular weight is 624 g/mol. The maximum Gasteiger partial charge on any atom is 0.260 e. The second-order valence-electron chi connectivity index (χ2n) is 9.25. The largest absolute Gasteiger partial charge is 0.379 e. The number of unbranched alkanes of at least 4 members (excludes halogenated alkanes) is 1. The standard InChI is InChI=1S/C27H35BrN4O4S2/c1-3-5-14-31(4-2)38(34,35)23-10-7-21(8-11-23)26(33)32(15-6-13-30-16-18-36-19-17-30)27-29-24-12-9-22(28)20-25(24)37-27/h7-12,20H,3-6,13-19H2,1-2H3. The summed E-state index contributed by atoms with van der Waals surface area (Å²) in [6.07, 6.45) is 2.52. The van der Waals surface area contributed by atoms with Gasteiger partial charge in [0.05, 0.1) is 28.3 Å². The Balaban J connectivity index is 1.56. The molecule has 0 spiro atoms. The number of thiazole rings is 1. The Morgan fingerprint density at radius 1 is 1.08 bits per heavy atom. The fraction of sp³-hybridized carbons (Fsp3) is 0.481. The van der Waals surface area contributed by atoms with E-state index in [2.05, 4.69) is 20.8 Å². The summed E-state index contributed by atoms with van der Waals surface area (Å²) in [7, 11) is -3.61. The van der Waals surface area contributed by atoms with E-state index in [0.29, 0.717) is 30.3 Å². The number of anilines is 1. The van der Waals surface area contributed by atoms with Crippen LogP contribution in [0.15, 0.2) is 51.8 Å². The Bertz CT molecular complexity index is 1320. The molecular formula is C27H35BrN4O4S2. The second-order valence-corrected chi connectivity index (χ2v) is 13.1. The van der Waals surface area contributed by atoms with Gasteiger partial charge in [-0.3, -0.25) is 14.6 Å². The van der Waals surface area contributed by atoms with Crippen molar-refractivity contribution in [2.45, 2.75) is 38.0 Å². The molecule has 1 aliphatic rings. The number of carbonyl (C=O) groups excluding carboxylic acids is 1. The minimum atomic E-state index is -3.61. The normalized spacial score (nSPS) is 14.8. The molecule has 206 valence electrons. The van der Waals surface area contributed by atoms with Gasteiger partial charge in [0, 0.05) is 49.3 Å². The van der Waals surface area contributed by atoms with Gasteiger partial charge in [-0.2, -0.15) is 4.31 Å². The van der Waals surface area contributed by atoms with Gasteiger partial charge in [0.15, 0.2) is 5.13 Å². The SMILES string of the molecule is CCCCN(CC)S(=O)(=O)c1ccc(C(=O)N(CCCN2CCOCC2)c2nc3ccc(Br)cc3s2)cc1. The Kier molecular flexibility index (Phi) is 10.3. The molecule has 4 rings (SSSR count). The second kappa shape index (κ2) is 13.5. The molecule has 1 aromatic heterocycles. The number of amides is 1. The van der Waals surface area contributed by atoms with Crippen LogP contribution >= 0.6 is 27.3 Å². The predicted molar refractivity (Wildman–Crippen MR) is 157 cm³/mol. The number of nitrogens with zero attached hydrogens (tertiary/aromatic N) is 4. The first-order valence-corrected chi connectivity index (χ1v) is 16.2. The van der Waals surface area contributed by atoms with Crippen molar-refractivity contribution in [1.29, 1.82) is 0 Å². The van der Waals surface area contributed by atoms with Gasteiger partial charge >= 0.3 is 0 Å². The number of fused-ring (bicyclic) bond motifs is 1. The number of ether oxygens (including phenoxy) is 1. The molecule has 1 fully saturated rings. The molecule has 0 bridgehead atoms. The maximum absolute atomic E-state index is 13.8. The van der Waals surface area contributed by atoms with E-state index in [4.69, 9.17) is 9.72 Å². The van der Waals surface area contributed by atoms with Gasteiger partial charge in [-0.15, -0.1) is 0 Å². The summed E-state index contributed by atoms with van der Waals surface area (Å²) in [6.45, 7) is 9.42. The summed E-state index contributed by atoms with van der Waals surface area (Å²) in [6, 6.07) is 12.2. The third-order valence-corrected chi connectivity index (χ3v) is 10.2. The van der Waals surface area contributed by atoms with Gasteiger partial charge in [-0.05, 0) is 55.3 Å². The number of carbonyl (C=O) groups is 1. The van der Waals surface area contributed by atoms with Gasteiger partial charge in [-0.25, -0.2) is 13.4 Å². The van der Waals surface area contributed by atoms with E-state index in [-0.39, 0.29) is 10.8 Å². The summed E-state index contributed by atoms with van der Waals surface area (Å²) in [4.78, 5) is 22.8. The fourth-order valence-electron chi connectivity index (χ4n) is 4.42. The minimum absolute atomic E-state index is 0.188. The van der Waals surface area contributed by atoms with Crippen LogP contribution in [-0.4, -0.2) is 81.0 Å². The van der Waals surface area contributed by atoms with Gasteiger partial charge in [0.2, 0.25) is 10.0 Å². The van der Waals surface area contributed by atoms with Crippen LogP contribution in [0.5, 0.6) is 0 Å². The van der Waals surface area contributed by atoms with E-state index in [0.717, 1.165) is 66.8 Å². The van der Waals surface area contributed by atoms with Crippen molar-refractivity contribution < 1.29 is 17.9 Å². The first-order valence-electron chi connectivity index (χ1n) is 13.1. The molecule has 3 aromatic rings. The van der Waals surface area contributed by atoms with Crippen molar-refractivity contribution in [3.8, 4) is 0 Å². The van der Waals surface area contributed by atoms with E-state index < -0.39 is 10.0 Å². The molecule has 1 saturated heterocycles. The molecular weight excluding hydrogens is 588 g/mol. The molecule has 0 atom stereocenters. The fourth-order valence-corrected chi connectivity index (χ4v) is 7.45. The van der Waals surface area contributed by atoms with E-state index in [1.54, 1.807) is 29.2 Å².